The van der Waals surface area contributed by atoms with Crippen LogP contribution in [0.4, 0.5) is 0 Å². The summed E-state index contributed by atoms with van der Waals surface area (Å²) in [4.78, 5) is 16.7. The van der Waals surface area contributed by atoms with Gasteiger partial charge in [-0.25, -0.2) is 0 Å². The van der Waals surface area contributed by atoms with Gasteiger partial charge in [0.1, 0.15) is 15.8 Å². The van der Waals surface area contributed by atoms with Crippen molar-refractivity contribution in [2.24, 2.45) is 0 Å². The lowest BCUT2D eigenvalue weighted by Gasteiger charge is -2.34. The van der Waals surface area contributed by atoms with E-state index in [-0.39, 0.29) is 5.91 Å². The molecule has 0 bridgehead atoms. The van der Waals surface area contributed by atoms with Crippen LogP contribution in [-0.4, -0.2) is 58.6 Å². The highest BCUT2D eigenvalue weighted by Gasteiger charge is 2.23. The second-order valence-electron chi connectivity index (χ2n) is 5.29. The van der Waals surface area contributed by atoms with Gasteiger partial charge in [0.05, 0.1) is 7.11 Å². The van der Waals surface area contributed by atoms with E-state index in [1.165, 1.54) is 11.5 Å². The molecule has 3 rings (SSSR count). The zero-order chi connectivity index (χ0) is 16.2. The van der Waals surface area contributed by atoms with Crippen molar-refractivity contribution >= 4 is 29.0 Å². The Hall–Kier alpha value is -1.70. The summed E-state index contributed by atoms with van der Waals surface area (Å²) in [6, 6.07) is 7.26. The van der Waals surface area contributed by atoms with Crippen molar-refractivity contribution in [2.75, 3.05) is 33.3 Å². The van der Waals surface area contributed by atoms with Crippen molar-refractivity contribution < 1.29 is 9.53 Å². The third-order valence-corrected chi connectivity index (χ3v) is 4.84. The topological polar surface area (TPSA) is 58.6 Å². The fourth-order valence-electron chi connectivity index (χ4n) is 2.55. The lowest BCUT2D eigenvalue weighted by atomic mass is 10.1. The number of nitrogens with zero attached hydrogens (tertiary/aromatic N) is 4. The third kappa shape index (κ3) is 3.80. The summed E-state index contributed by atoms with van der Waals surface area (Å²) in [5, 5.41) is 4.03. The maximum absolute atomic E-state index is 12.6. The van der Waals surface area contributed by atoms with Crippen LogP contribution in [-0.2, 0) is 6.54 Å². The largest absolute Gasteiger partial charge is 0.497 e. The van der Waals surface area contributed by atoms with Crippen LogP contribution in [0.2, 0.25) is 4.34 Å². The Balaban J connectivity index is 1.58. The van der Waals surface area contributed by atoms with Gasteiger partial charge in [0.15, 0.2) is 0 Å². The Bertz CT molecular complexity index is 686. The fraction of sp³-hybridized carbons (Fsp3) is 0.400. The highest BCUT2D eigenvalue weighted by molar-refractivity contribution is 7.10. The molecule has 0 N–H and O–H groups in total. The first-order valence-electron chi connectivity index (χ1n) is 7.30. The molecular weight excluding hydrogens is 336 g/mol. The molecule has 0 unspecified atom stereocenters. The maximum atomic E-state index is 12.6. The molecule has 1 saturated heterocycles. The Labute approximate surface area is 143 Å². The molecule has 122 valence electrons. The summed E-state index contributed by atoms with van der Waals surface area (Å²) in [5.74, 6) is 0.733. The molecule has 8 heteroatoms. The summed E-state index contributed by atoms with van der Waals surface area (Å²) < 4.78 is 9.66. The standard InChI is InChI=1S/C15H17ClN4O2S/c1-22-12-4-2-3-11(9-12)15(21)20-7-5-19(6-8-20)10-13-14(16)23-18-17-13/h2-4,9H,5-8,10H2,1H3. The van der Waals surface area contributed by atoms with Gasteiger partial charge >= 0.3 is 0 Å². The average molecular weight is 353 g/mol. The molecule has 0 atom stereocenters. The minimum absolute atomic E-state index is 0.0388. The van der Waals surface area contributed by atoms with E-state index in [1.54, 1.807) is 13.2 Å². The van der Waals surface area contributed by atoms with Gasteiger partial charge < -0.3 is 9.64 Å². The Morgan fingerprint density at radius 3 is 2.78 bits per heavy atom. The molecule has 1 aliphatic rings. The van der Waals surface area contributed by atoms with Crippen LogP contribution in [0.3, 0.4) is 0 Å². The lowest BCUT2D eigenvalue weighted by Crippen LogP contribution is -2.48. The molecule has 2 heterocycles. The highest BCUT2D eigenvalue weighted by atomic mass is 35.5. The molecule has 1 aliphatic heterocycles. The molecule has 2 aromatic rings. The first kappa shape index (κ1) is 16.2. The number of ether oxygens (including phenoxy) is 1. The Kier molecular flexibility index (Phi) is 5.09. The highest BCUT2D eigenvalue weighted by Crippen LogP contribution is 2.20. The van der Waals surface area contributed by atoms with E-state index in [0.717, 1.165) is 18.8 Å². The number of hydrogen-bond donors (Lipinski definition) is 0. The normalized spacial score (nSPS) is 15.7. The number of aromatic nitrogens is 2. The molecule has 0 radical (unpaired) electrons. The van der Waals surface area contributed by atoms with E-state index >= 15 is 0 Å². The number of benzene rings is 1. The summed E-state index contributed by atoms with van der Waals surface area (Å²) in [5.41, 5.74) is 1.47. The monoisotopic (exact) mass is 352 g/mol. The first-order chi connectivity index (χ1) is 11.2. The van der Waals surface area contributed by atoms with Crippen LogP contribution in [0.5, 0.6) is 5.75 Å². The van der Waals surface area contributed by atoms with E-state index in [1.807, 2.05) is 23.1 Å². The smallest absolute Gasteiger partial charge is 0.254 e. The van der Waals surface area contributed by atoms with Crippen molar-refractivity contribution in [2.45, 2.75) is 6.54 Å². The van der Waals surface area contributed by atoms with E-state index < -0.39 is 0 Å². The lowest BCUT2D eigenvalue weighted by molar-refractivity contribution is 0.0626. The molecule has 0 spiro atoms. The van der Waals surface area contributed by atoms with Crippen LogP contribution in [0, 0.1) is 0 Å². The molecule has 1 amide bonds. The van der Waals surface area contributed by atoms with Crippen molar-refractivity contribution in [3.63, 3.8) is 0 Å². The second kappa shape index (κ2) is 7.25. The van der Waals surface area contributed by atoms with Crippen LogP contribution in [0.15, 0.2) is 24.3 Å². The van der Waals surface area contributed by atoms with Gasteiger partial charge in [0.2, 0.25) is 0 Å². The van der Waals surface area contributed by atoms with Gasteiger partial charge in [-0.3, -0.25) is 9.69 Å². The third-order valence-electron chi connectivity index (χ3n) is 3.86. The van der Waals surface area contributed by atoms with Gasteiger partial charge in [0, 0.05) is 49.8 Å². The molecule has 0 saturated carbocycles. The number of halogens is 1. The second-order valence-corrected chi connectivity index (χ2v) is 6.65. The fourth-order valence-corrected chi connectivity index (χ4v) is 3.16. The Morgan fingerprint density at radius 2 is 2.13 bits per heavy atom. The molecule has 1 aromatic heterocycles. The number of piperazine rings is 1. The van der Waals surface area contributed by atoms with Crippen LogP contribution >= 0.6 is 23.1 Å². The first-order valence-corrected chi connectivity index (χ1v) is 8.45. The predicted molar refractivity (Wildman–Crippen MR) is 89.1 cm³/mol. The van der Waals surface area contributed by atoms with E-state index in [0.29, 0.717) is 35.3 Å². The summed E-state index contributed by atoms with van der Waals surface area (Å²) in [6.07, 6.45) is 0. The van der Waals surface area contributed by atoms with Gasteiger partial charge in [-0.15, -0.1) is 5.10 Å². The molecule has 0 aliphatic carbocycles. The van der Waals surface area contributed by atoms with E-state index in [2.05, 4.69) is 14.5 Å². The van der Waals surface area contributed by atoms with Crippen molar-refractivity contribution in [3.05, 3.63) is 39.9 Å². The van der Waals surface area contributed by atoms with Crippen molar-refractivity contribution in [3.8, 4) is 5.75 Å². The molecular formula is C15H17ClN4O2S. The number of hydrogen-bond acceptors (Lipinski definition) is 6. The molecule has 23 heavy (non-hydrogen) atoms. The zero-order valence-corrected chi connectivity index (χ0v) is 14.3. The Morgan fingerprint density at radius 1 is 1.35 bits per heavy atom. The average Bonchev–Trinajstić information content (AvgIpc) is 3.00. The zero-order valence-electron chi connectivity index (χ0n) is 12.7. The number of amides is 1. The van der Waals surface area contributed by atoms with Gasteiger partial charge in [0.25, 0.3) is 5.91 Å². The van der Waals surface area contributed by atoms with E-state index in [4.69, 9.17) is 16.3 Å². The number of methoxy groups -OCH3 is 1. The van der Waals surface area contributed by atoms with Crippen LogP contribution < -0.4 is 4.74 Å². The summed E-state index contributed by atoms with van der Waals surface area (Å²) >= 11 is 7.24. The number of carbonyl (C=O) groups excluding carboxylic acids is 1. The molecule has 1 fully saturated rings. The van der Waals surface area contributed by atoms with Gasteiger partial charge in [-0.1, -0.05) is 22.2 Å². The summed E-state index contributed by atoms with van der Waals surface area (Å²) in [7, 11) is 1.60. The van der Waals surface area contributed by atoms with Gasteiger partial charge in [-0.05, 0) is 18.2 Å². The quantitative estimate of drug-likeness (QED) is 0.844. The number of carbonyl (C=O) groups is 1. The van der Waals surface area contributed by atoms with Crippen LogP contribution in [0.25, 0.3) is 0 Å². The minimum atomic E-state index is 0.0388. The van der Waals surface area contributed by atoms with Gasteiger partial charge in [-0.2, -0.15) is 0 Å². The SMILES string of the molecule is COc1cccc(C(=O)N2CCN(Cc3nnsc3Cl)CC2)c1. The minimum Gasteiger partial charge on any atom is -0.497 e. The van der Waals surface area contributed by atoms with E-state index in [9.17, 15) is 4.79 Å². The van der Waals surface area contributed by atoms with Crippen LogP contribution in [0.1, 0.15) is 16.1 Å². The van der Waals surface area contributed by atoms with Crippen molar-refractivity contribution in [1.82, 2.24) is 19.4 Å². The van der Waals surface area contributed by atoms with Crippen molar-refractivity contribution in [1.29, 1.82) is 0 Å². The number of rotatable bonds is 4. The molecule has 6 nitrogen and oxygen atoms in total. The maximum Gasteiger partial charge on any atom is 0.254 e. The predicted octanol–water partition coefficient (Wildman–Crippen LogP) is 2.16. The molecule has 1 aromatic carbocycles. The summed E-state index contributed by atoms with van der Waals surface area (Å²) in [6.45, 7) is 3.64.